The molecule has 0 radical (unpaired) electrons. The van der Waals surface area contributed by atoms with Crippen LogP contribution in [-0.4, -0.2) is 78.4 Å². The van der Waals surface area contributed by atoms with Crippen molar-refractivity contribution in [2.24, 2.45) is 0 Å². The maximum atomic E-state index is 14.0. The second-order valence-electron chi connectivity index (χ2n) is 14.8. The molecule has 3 aromatic heterocycles. The molecule has 2 fully saturated rings. The van der Waals surface area contributed by atoms with Crippen molar-refractivity contribution >= 4 is 22.9 Å². The number of carbonyl (C=O) groups is 2. The number of carbonyl (C=O) groups excluding carboxylic acids is 2. The predicted octanol–water partition coefficient (Wildman–Crippen LogP) is 8.55. The van der Waals surface area contributed by atoms with Gasteiger partial charge in [0.1, 0.15) is 22.7 Å². The van der Waals surface area contributed by atoms with E-state index in [1.165, 1.54) is 0 Å². The van der Waals surface area contributed by atoms with E-state index in [-0.39, 0.29) is 18.2 Å². The molecule has 2 aliphatic rings. The third kappa shape index (κ3) is 7.32. The Kier molecular flexibility index (Phi) is 10.1. The zero-order valence-corrected chi connectivity index (χ0v) is 30.9. The van der Waals surface area contributed by atoms with Crippen LogP contribution in [0.15, 0.2) is 60.9 Å². The van der Waals surface area contributed by atoms with Gasteiger partial charge in [0, 0.05) is 55.1 Å². The van der Waals surface area contributed by atoms with Gasteiger partial charge < -0.3 is 24.3 Å². The Labute approximate surface area is 305 Å². The fourth-order valence-corrected chi connectivity index (χ4v) is 7.18. The molecule has 7 rings (SSSR count). The summed E-state index contributed by atoms with van der Waals surface area (Å²) in [4.78, 5) is 43.8. The molecule has 2 aromatic carbocycles. The van der Waals surface area contributed by atoms with E-state index in [1.54, 1.807) is 4.90 Å². The average Bonchev–Trinajstić information content (AvgIpc) is 3.77. The summed E-state index contributed by atoms with van der Waals surface area (Å²) < 4.78 is 13.9. The number of hydrogen-bond donors (Lipinski definition) is 1. The van der Waals surface area contributed by atoms with Crippen LogP contribution in [0.5, 0.6) is 0 Å². The van der Waals surface area contributed by atoms with Gasteiger partial charge >= 0.3 is 6.09 Å². The molecule has 2 saturated heterocycles. The number of nitrogens with one attached hydrogen (secondary N) is 1. The molecule has 0 aliphatic carbocycles. The number of nitrogens with zero attached hydrogens (tertiary/aromatic N) is 6. The first-order valence-electron chi connectivity index (χ1n) is 18.6. The van der Waals surface area contributed by atoms with Crippen LogP contribution in [-0.2, 0) is 16.0 Å². The average molecular weight is 704 g/mol. The number of aromatic nitrogens is 5. The fourth-order valence-electron chi connectivity index (χ4n) is 7.18. The van der Waals surface area contributed by atoms with Crippen LogP contribution in [0, 0.1) is 6.92 Å². The topological polar surface area (TPSA) is 118 Å². The molecule has 2 amide bonds. The summed E-state index contributed by atoms with van der Waals surface area (Å²) in [7, 11) is 0. The number of amides is 2. The summed E-state index contributed by atoms with van der Waals surface area (Å²) in [5, 5.41) is 6.07. The van der Waals surface area contributed by atoms with Gasteiger partial charge in [-0.2, -0.15) is 5.10 Å². The van der Waals surface area contributed by atoms with Crippen LogP contribution < -0.4 is 0 Å². The van der Waals surface area contributed by atoms with Gasteiger partial charge in [0.15, 0.2) is 12.1 Å². The SMILES string of the molecule is CCN(Cc1cncc(-c2ccc3c(c2)c(-c2nc(-c4ccccc4)c(C(=O)N4CCCCC4)[nH]2)nn3C2CCCCO2)c1C)C(=O)OC(C)(C)C. The zero-order chi connectivity index (χ0) is 36.4. The quantitative estimate of drug-likeness (QED) is 0.172. The number of hydrogen-bond acceptors (Lipinski definition) is 7. The summed E-state index contributed by atoms with van der Waals surface area (Å²) >= 11 is 0. The van der Waals surface area contributed by atoms with E-state index < -0.39 is 5.60 Å². The lowest BCUT2D eigenvalue weighted by Gasteiger charge is -2.27. The molecule has 0 saturated carbocycles. The Morgan fingerprint density at radius 1 is 0.981 bits per heavy atom. The number of ether oxygens (including phenoxy) is 2. The highest BCUT2D eigenvalue weighted by atomic mass is 16.6. The van der Waals surface area contributed by atoms with E-state index in [0.29, 0.717) is 42.6 Å². The first-order chi connectivity index (χ1) is 25.1. The number of imidazole rings is 1. The van der Waals surface area contributed by atoms with Crippen LogP contribution in [0.25, 0.3) is 44.8 Å². The van der Waals surface area contributed by atoms with Gasteiger partial charge in [-0.05, 0) is 102 Å². The van der Waals surface area contributed by atoms with Gasteiger partial charge in [-0.3, -0.25) is 9.78 Å². The highest BCUT2D eigenvalue weighted by Crippen LogP contribution is 2.37. The van der Waals surface area contributed by atoms with Gasteiger partial charge in [0.2, 0.25) is 0 Å². The molecule has 2 aliphatic heterocycles. The molecule has 11 heteroatoms. The molecular formula is C41H49N7O4. The van der Waals surface area contributed by atoms with Gasteiger partial charge in [-0.1, -0.05) is 36.4 Å². The van der Waals surface area contributed by atoms with E-state index >= 15 is 0 Å². The fraction of sp³-hybridized carbons (Fsp3) is 0.439. The summed E-state index contributed by atoms with van der Waals surface area (Å²) in [5.74, 6) is 0.499. The number of rotatable bonds is 8. The number of H-pyrrole nitrogens is 1. The Hall–Kier alpha value is -5.03. The van der Waals surface area contributed by atoms with E-state index in [1.807, 2.05) is 80.0 Å². The normalized spacial score (nSPS) is 16.6. The molecule has 1 N–H and O–H groups in total. The molecule has 0 bridgehead atoms. The highest BCUT2D eigenvalue weighted by Gasteiger charge is 2.29. The van der Waals surface area contributed by atoms with Crippen molar-refractivity contribution in [2.75, 3.05) is 26.2 Å². The van der Waals surface area contributed by atoms with E-state index in [0.717, 1.165) is 90.3 Å². The molecule has 1 unspecified atom stereocenters. The van der Waals surface area contributed by atoms with E-state index in [4.69, 9.17) is 19.6 Å². The lowest BCUT2D eigenvalue weighted by Crippen LogP contribution is -2.36. The third-order valence-corrected chi connectivity index (χ3v) is 9.99. The number of piperidine rings is 1. The van der Waals surface area contributed by atoms with E-state index in [2.05, 4.69) is 35.1 Å². The first kappa shape index (κ1) is 35.4. The Morgan fingerprint density at radius 2 is 1.77 bits per heavy atom. The minimum atomic E-state index is -0.586. The Morgan fingerprint density at radius 3 is 2.48 bits per heavy atom. The number of benzene rings is 2. The second kappa shape index (κ2) is 14.9. The number of aromatic amines is 1. The zero-order valence-electron chi connectivity index (χ0n) is 30.9. The van der Waals surface area contributed by atoms with Crippen LogP contribution >= 0.6 is 0 Å². The Balaban J connectivity index is 1.33. The maximum Gasteiger partial charge on any atom is 0.410 e. The van der Waals surface area contributed by atoms with Gasteiger partial charge in [0.05, 0.1) is 12.1 Å². The van der Waals surface area contributed by atoms with Gasteiger partial charge in [-0.15, -0.1) is 0 Å². The number of fused-ring (bicyclic) bond motifs is 1. The molecule has 5 aromatic rings. The third-order valence-electron chi connectivity index (χ3n) is 9.99. The van der Waals surface area contributed by atoms with Crippen molar-refractivity contribution in [3.8, 4) is 33.9 Å². The molecule has 52 heavy (non-hydrogen) atoms. The molecule has 11 nitrogen and oxygen atoms in total. The second-order valence-corrected chi connectivity index (χ2v) is 14.8. The van der Waals surface area contributed by atoms with Crippen LogP contribution in [0.2, 0.25) is 0 Å². The van der Waals surface area contributed by atoms with Crippen molar-refractivity contribution in [1.82, 2.24) is 34.5 Å². The van der Waals surface area contributed by atoms with Gasteiger partial charge in [-0.25, -0.2) is 14.5 Å². The predicted molar refractivity (Wildman–Crippen MR) is 202 cm³/mol. The Bertz CT molecular complexity index is 2050. The highest BCUT2D eigenvalue weighted by molar-refractivity contribution is 6.01. The van der Waals surface area contributed by atoms with Gasteiger partial charge in [0.25, 0.3) is 5.91 Å². The summed E-state index contributed by atoms with van der Waals surface area (Å²) in [5.41, 5.74) is 6.86. The van der Waals surface area contributed by atoms with Crippen molar-refractivity contribution in [3.05, 3.63) is 77.7 Å². The molecule has 5 heterocycles. The smallest absolute Gasteiger partial charge is 0.410 e. The van der Waals surface area contributed by atoms with Crippen LogP contribution in [0.4, 0.5) is 4.79 Å². The van der Waals surface area contributed by atoms with Crippen molar-refractivity contribution in [2.45, 2.75) is 91.5 Å². The van der Waals surface area contributed by atoms with E-state index in [9.17, 15) is 9.59 Å². The van der Waals surface area contributed by atoms with Crippen molar-refractivity contribution < 1.29 is 19.1 Å². The number of pyridine rings is 1. The maximum absolute atomic E-state index is 14.0. The molecular weight excluding hydrogens is 654 g/mol. The molecule has 272 valence electrons. The van der Waals surface area contributed by atoms with Crippen LogP contribution in [0.3, 0.4) is 0 Å². The molecule has 0 spiro atoms. The van der Waals surface area contributed by atoms with Crippen molar-refractivity contribution in [3.63, 3.8) is 0 Å². The lowest BCUT2D eigenvalue weighted by molar-refractivity contribution is -0.0365. The summed E-state index contributed by atoms with van der Waals surface area (Å²) in [6.45, 7) is 12.7. The number of likely N-dealkylation sites (tertiary alicyclic amines) is 1. The minimum Gasteiger partial charge on any atom is -0.444 e. The lowest BCUT2D eigenvalue weighted by atomic mass is 9.97. The monoisotopic (exact) mass is 703 g/mol. The summed E-state index contributed by atoms with van der Waals surface area (Å²) in [6.07, 6.45) is 9.22. The standard InChI is InChI=1S/C41H49N7O4/c1-6-46(40(50)52-41(3,4)5)26-30-24-42-25-32(27(30)2)29-18-19-33-31(23-29)36(45-48(33)34-17-11-14-22-51-34)38-43-35(28-15-9-7-10-16-28)37(44-38)39(49)47-20-12-8-13-21-47/h7,9-10,15-16,18-19,23-25,34H,6,8,11-14,17,20-22,26H2,1-5H3,(H,43,44). The largest absolute Gasteiger partial charge is 0.444 e. The summed E-state index contributed by atoms with van der Waals surface area (Å²) in [6, 6.07) is 16.2. The first-order valence-corrected chi connectivity index (χ1v) is 18.6. The minimum absolute atomic E-state index is 0.0386. The van der Waals surface area contributed by atoms with Crippen molar-refractivity contribution in [1.29, 1.82) is 0 Å². The van der Waals surface area contributed by atoms with Crippen LogP contribution in [0.1, 0.15) is 94.1 Å². The molecule has 1 atom stereocenters.